The Morgan fingerprint density at radius 3 is 2.50 bits per heavy atom. The van der Waals surface area contributed by atoms with E-state index in [1.165, 1.54) is 30.6 Å². The number of carbonyl (C=O) groups is 1. The maximum absolute atomic E-state index is 14.2. The van der Waals surface area contributed by atoms with Crippen molar-refractivity contribution in [3.63, 3.8) is 0 Å². The average Bonchev–Trinajstić information content (AvgIpc) is 3.20. The number of hydrogen-bond acceptors (Lipinski definition) is 6. The topological polar surface area (TPSA) is 82.4 Å². The summed E-state index contributed by atoms with van der Waals surface area (Å²) in [5, 5.41) is 3.58. The molecule has 3 heterocycles. The van der Waals surface area contributed by atoms with Gasteiger partial charge in [-0.05, 0) is 18.2 Å². The van der Waals surface area contributed by atoms with Gasteiger partial charge in [-0.25, -0.2) is 9.97 Å². The Balaban J connectivity index is 1.65. The lowest BCUT2D eigenvalue weighted by atomic mass is 10.2. The molecule has 1 aromatic carbocycles. The van der Waals surface area contributed by atoms with Crippen LogP contribution in [0.4, 0.5) is 27.6 Å². The van der Waals surface area contributed by atoms with Crippen molar-refractivity contribution in [2.75, 3.05) is 11.4 Å². The first-order chi connectivity index (χ1) is 15.0. The molecule has 0 aliphatic carbocycles. The number of aromatic nitrogens is 4. The van der Waals surface area contributed by atoms with Crippen molar-refractivity contribution in [3.8, 4) is 17.5 Å². The van der Waals surface area contributed by atoms with Gasteiger partial charge >= 0.3 is 24.2 Å². The van der Waals surface area contributed by atoms with Crippen LogP contribution < -0.4 is 14.4 Å². The first-order valence-corrected chi connectivity index (χ1v) is 9.20. The van der Waals surface area contributed by atoms with Gasteiger partial charge in [0.25, 0.3) is 0 Å². The van der Waals surface area contributed by atoms with Gasteiger partial charge in [0.15, 0.2) is 17.2 Å². The fourth-order valence-corrected chi connectivity index (χ4v) is 2.98. The largest absolute Gasteiger partial charge is 0.482 e. The highest BCUT2D eigenvalue weighted by atomic mass is 35.5. The number of hydrogen-bond donors (Lipinski definition) is 0. The van der Waals surface area contributed by atoms with Gasteiger partial charge < -0.3 is 9.47 Å². The van der Waals surface area contributed by atoms with Crippen molar-refractivity contribution in [2.24, 2.45) is 0 Å². The maximum Gasteiger partial charge on any atom is 0.482 e. The van der Waals surface area contributed by atoms with Crippen molar-refractivity contribution in [1.82, 2.24) is 19.7 Å². The molecule has 14 heteroatoms. The number of para-hydroxylation sites is 1. The van der Waals surface area contributed by atoms with Crippen molar-refractivity contribution in [3.05, 3.63) is 53.6 Å². The summed E-state index contributed by atoms with van der Waals surface area (Å²) < 4.78 is 77.5. The molecule has 0 N–H and O–H groups in total. The van der Waals surface area contributed by atoms with Gasteiger partial charge in [0, 0.05) is 12.7 Å². The minimum Gasteiger partial charge on any atom is -0.423 e. The van der Waals surface area contributed by atoms with Crippen molar-refractivity contribution in [1.29, 1.82) is 0 Å². The van der Waals surface area contributed by atoms with Gasteiger partial charge in [0.1, 0.15) is 5.69 Å². The van der Waals surface area contributed by atoms with E-state index in [4.69, 9.17) is 16.3 Å². The van der Waals surface area contributed by atoms with E-state index in [2.05, 4.69) is 19.8 Å². The monoisotopic (exact) mass is 475 g/mol. The number of fused-ring (bicyclic) bond motifs is 1. The second-order valence-corrected chi connectivity index (χ2v) is 6.86. The second kappa shape index (κ2) is 7.89. The standard InChI is InChI=1S/C18H11ClF5N5O3/c19-10-8-25-16(26-9-10)31-11-2-1-3-12-14(11)29(15(30)18(23,24)32-12)7-6-28-5-4-13(27-28)17(20,21)22/h1-5,8-9H,6-7H2. The van der Waals surface area contributed by atoms with E-state index in [-0.39, 0.29) is 34.8 Å². The molecule has 0 fully saturated rings. The minimum atomic E-state index is -4.67. The highest BCUT2D eigenvalue weighted by Gasteiger charge is 2.51. The third-order valence-corrected chi connectivity index (χ3v) is 4.44. The first kappa shape index (κ1) is 21.7. The van der Waals surface area contributed by atoms with Crippen LogP contribution in [0.15, 0.2) is 42.9 Å². The normalized spacial score (nSPS) is 15.3. The summed E-state index contributed by atoms with van der Waals surface area (Å²) in [6.07, 6.45) is -5.36. The quantitative estimate of drug-likeness (QED) is 0.515. The summed E-state index contributed by atoms with van der Waals surface area (Å²) in [5.74, 6) is -2.19. The molecule has 0 saturated carbocycles. The smallest absolute Gasteiger partial charge is 0.423 e. The van der Waals surface area contributed by atoms with Crippen LogP contribution in [0.1, 0.15) is 5.69 Å². The summed E-state index contributed by atoms with van der Waals surface area (Å²) in [7, 11) is 0. The predicted molar refractivity (Wildman–Crippen MR) is 98.7 cm³/mol. The van der Waals surface area contributed by atoms with Gasteiger partial charge in [-0.1, -0.05) is 17.7 Å². The summed E-state index contributed by atoms with van der Waals surface area (Å²) >= 11 is 5.72. The molecule has 0 bridgehead atoms. The summed E-state index contributed by atoms with van der Waals surface area (Å²) in [5.41, 5.74) is -1.31. The molecular weight excluding hydrogens is 465 g/mol. The van der Waals surface area contributed by atoms with E-state index >= 15 is 0 Å². The number of benzene rings is 1. The minimum absolute atomic E-state index is 0.0925. The Bertz CT molecular complexity index is 1150. The van der Waals surface area contributed by atoms with Gasteiger partial charge in [-0.2, -0.15) is 27.1 Å². The lowest BCUT2D eigenvalue weighted by Crippen LogP contribution is -2.51. The number of anilines is 1. The Labute approximate surface area is 181 Å². The van der Waals surface area contributed by atoms with Crippen LogP contribution in [-0.2, 0) is 17.5 Å². The van der Waals surface area contributed by atoms with E-state index in [1.54, 1.807) is 0 Å². The highest BCUT2D eigenvalue weighted by Crippen LogP contribution is 2.46. The molecular formula is C18H11ClF5N5O3. The summed E-state index contributed by atoms with van der Waals surface area (Å²) in [4.78, 5) is 20.7. The van der Waals surface area contributed by atoms with Crippen molar-refractivity contribution >= 4 is 23.2 Å². The molecule has 1 amide bonds. The number of nitrogens with zero attached hydrogens (tertiary/aromatic N) is 5. The van der Waals surface area contributed by atoms with Gasteiger partial charge in [0.05, 0.1) is 24.0 Å². The highest BCUT2D eigenvalue weighted by molar-refractivity contribution is 6.30. The van der Waals surface area contributed by atoms with Crippen LogP contribution in [-0.4, -0.2) is 38.3 Å². The molecule has 32 heavy (non-hydrogen) atoms. The number of rotatable bonds is 5. The van der Waals surface area contributed by atoms with E-state index in [9.17, 15) is 26.7 Å². The fourth-order valence-electron chi connectivity index (χ4n) is 2.88. The Kier molecular flexibility index (Phi) is 5.36. The SMILES string of the molecule is O=C1N(CCn2ccc(C(F)(F)F)n2)c2c(Oc3ncc(Cl)cn3)cccc2OC1(F)F. The van der Waals surface area contributed by atoms with Gasteiger partial charge in [-0.15, -0.1) is 0 Å². The second-order valence-electron chi connectivity index (χ2n) is 6.43. The lowest BCUT2D eigenvalue weighted by Gasteiger charge is -2.34. The number of ether oxygens (including phenoxy) is 2. The fraction of sp³-hybridized carbons (Fsp3) is 0.222. The van der Waals surface area contributed by atoms with Crippen LogP contribution in [0.2, 0.25) is 5.02 Å². The van der Waals surface area contributed by atoms with Crippen LogP contribution >= 0.6 is 11.6 Å². The molecule has 3 aromatic rings. The maximum atomic E-state index is 14.2. The van der Waals surface area contributed by atoms with E-state index in [1.807, 2.05) is 0 Å². The molecule has 1 aliphatic rings. The van der Waals surface area contributed by atoms with Crippen molar-refractivity contribution < 1.29 is 36.2 Å². The number of amides is 1. The molecule has 1 aliphatic heterocycles. The molecule has 0 radical (unpaired) electrons. The van der Waals surface area contributed by atoms with E-state index < -0.39 is 30.4 Å². The molecule has 0 atom stereocenters. The van der Waals surface area contributed by atoms with E-state index in [0.29, 0.717) is 4.90 Å². The van der Waals surface area contributed by atoms with Crippen LogP contribution in [0.3, 0.4) is 0 Å². The van der Waals surface area contributed by atoms with Gasteiger partial charge in [0.2, 0.25) is 0 Å². The first-order valence-electron chi connectivity index (χ1n) is 8.82. The molecule has 168 valence electrons. The lowest BCUT2D eigenvalue weighted by molar-refractivity contribution is -0.192. The number of alkyl halides is 5. The Hall–Kier alpha value is -3.48. The number of halogens is 6. The molecule has 0 saturated heterocycles. The van der Waals surface area contributed by atoms with Gasteiger partial charge in [-0.3, -0.25) is 14.4 Å². The predicted octanol–water partition coefficient (Wildman–Crippen LogP) is 4.16. The van der Waals surface area contributed by atoms with E-state index in [0.717, 1.165) is 16.9 Å². The molecule has 4 rings (SSSR count). The van der Waals surface area contributed by atoms with Crippen LogP contribution in [0, 0.1) is 0 Å². The zero-order chi connectivity index (χ0) is 23.1. The summed E-state index contributed by atoms with van der Waals surface area (Å²) in [6, 6.07) is 4.44. The Morgan fingerprint density at radius 2 is 1.84 bits per heavy atom. The molecule has 0 spiro atoms. The third kappa shape index (κ3) is 4.28. The zero-order valence-electron chi connectivity index (χ0n) is 15.7. The number of carbonyl (C=O) groups excluding carboxylic acids is 1. The zero-order valence-corrected chi connectivity index (χ0v) is 16.4. The molecule has 0 unspecified atom stereocenters. The average molecular weight is 476 g/mol. The van der Waals surface area contributed by atoms with Crippen LogP contribution in [0.5, 0.6) is 17.5 Å². The molecule has 2 aromatic heterocycles. The van der Waals surface area contributed by atoms with Crippen LogP contribution in [0.25, 0.3) is 0 Å². The summed E-state index contributed by atoms with van der Waals surface area (Å²) in [6.45, 7) is -0.769. The Morgan fingerprint density at radius 1 is 1.12 bits per heavy atom. The third-order valence-electron chi connectivity index (χ3n) is 4.25. The molecule has 8 nitrogen and oxygen atoms in total. The van der Waals surface area contributed by atoms with Crippen molar-refractivity contribution in [2.45, 2.75) is 18.8 Å².